The molecule has 0 aliphatic heterocycles. The van der Waals surface area contributed by atoms with Crippen LogP contribution in [0.15, 0.2) is 0 Å². The Labute approximate surface area is 81.3 Å². The van der Waals surface area contributed by atoms with Gasteiger partial charge in [-0.25, -0.2) is 4.79 Å². The summed E-state index contributed by atoms with van der Waals surface area (Å²) in [6.45, 7) is 0.946. The van der Waals surface area contributed by atoms with Crippen molar-refractivity contribution in [3.05, 3.63) is 0 Å². The highest BCUT2D eigenvalue weighted by Crippen LogP contribution is 1.88. The number of carbonyl (C=O) groups excluding carboxylic acids is 1. The first-order valence-electron chi connectivity index (χ1n) is 4.16. The van der Waals surface area contributed by atoms with Crippen molar-refractivity contribution >= 4 is 12.0 Å². The Hall–Kier alpha value is -1.34. The molecule has 0 aromatic carbocycles. The Balaban J connectivity index is 3.27. The fourth-order valence-corrected chi connectivity index (χ4v) is 0.816. The fraction of sp³-hybridized carbons (Fsp3) is 0.714. The van der Waals surface area contributed by atoms with Crippen molar-refractivity contribution in [2.24, 2.45) is 5.73 Å². The number of nitrogens with one attached hydrogen (secondary N) is 2. The van der Waals surface area contributed by atoms with Crippen LogP contribution < -0.4 is 16.4 Å². The molecule has 6 N–H and O–H groups in total. The van der Waals surface area contributed by atoms with Gasteiger partial charge in [0.15, 0.2) is 0 Å². The van der Waals surface area contributed by atoms with Gasteiger partial charge in [0.25, 0.3) is 0 Å². The highest BCUT2D eigenvalue weighted by atomic mass is 16.4. The molecule has 14 heavy (non-hydrogen) atoms. The Morgan fingerprint density at radius 1 is 1.36 bits per heavy atom. The number of amides is 2. The minimum absolute atomic E-state index is 0.173. The first-order chi connectivity index (χ1) is 6.52. The van der Waals surface area contributed by atoms with Crippen LogP contribution in [0.3, 0.4) is 0 Å². The molecule has 0 spiro atoms. The number of urea groups is 1. The van der Waals surface area contributed by atoms with Crippen LogP contribution in [0.25, 0.3) is 0 Å². The molecule has 0 rings (SSSR count). The van der Waals surface area contributed by atoms with Crippen molar-refractivity contribution in [2.45, 2.75) is 12.5 Å². The van der Waals surface area contributed by atoms with Gasteiger partial charge in [0.05, 0.1) is 12.5 Å². The largest absolute Gasteiger partial charge is 0.481 e. The molecule has 0 radical (unpaired) electrons. The van der Waals surface area contributed by atoms with Gasteiger partial charge in [-0.15, -0.1) is 0 Å². The Kier molecular flexibility index (Phi) is 6.42. The van der Waals surface area contributed by atoms with Crippen LogP contribution in [0.5, 0.6) is 0 Å². The summed E-state index contributed by atoms with van der Waals surface area (Å²) in [4.78, 5) is 20.3. The highest BCUT2D eigenvalue weighted by Gasteiger charge is 2.07. The van der Waals surface area contributed by atoms with Crippen molar-refractivity contribution in [1.29, 1.82) is 0 Å². The molecule has 0 fully saturated rings. The van der Waals surface area contributed by atoms with E-state index in [2.05, 4.69) is 10.6 Å². The van der Waals surface area contributed by atoms with E-state index in [9.17, 15) is 9.59 Å². The van der Waals surface area contributed by atoms with Gasteiger partial charge in [0.1, 0.15) is 0 Å². The van der Waals surface area contributed by atoms with Crippen LogP contribution in [0.2, 0.25) is 0 Å². The number of nitrogens with two attached hydrogens (primary N) is 1. The zero-order valence-electron chi connectivity index (χ0n) is 7.69. The Bertz CT molecular complexity index is 197. The quantitative estimate of drug-likeness (QED) is 0.310. The zero-order chi connectivity index (χ0) is 11.0. The maximum atomic E-state index is 10.2. The lowest BCUT2D eigenvalue weighted by atomic mass is 10.2. The van der Waals surface area contributed by atoms with Crippen LogP contribution in [0.1, 0.15) is 6.42 Å². The summed E-state index contributed by atoms with van der Waals surface area (Å²) in [6, 6.07) is -0.613. The predicted octanol–water partition coefficient (Wildman–Crippen LogP) is -1.92. The van der Waals surface area contributed by atoms with Gasteiger partial charge >= 0.3 is 12.0 Å². The molecular weight excluding hydrogens is 190 g/mol. The minimum atomic E-state index is -1.05. The number of carboxylic acid groups (broad SMARTS) is 1. The summed E-state index contributed by atoms with van der Waals surface area (Å²) in [6.07, 6.45) is -1.21. The van der Waals surface area contributed by atoms with E-state index in [-0.39, 0.29) is 13.0 Å². The third-order valence-corrected chi connectivity index (χ3v) is 1.39. The molecule has 1 unspecified atom stereocenters. The lowest BCUT2D eigenvalue weighted by molar-refractivity contribution is -0.139. The molecule has 0 aliphatic rings. The zero-order valence-corrected chi connectivity index (χ0v) is 7.69. The number of carbonyl (C=O) groups is 2. The smallest absolute Gasteiger partial charge is 0.312 e. The molecule has 0 aliphatic carbocycles. The Morgan fingerprint density at radius 3 is 2.50 bits per heavy atom. The van der Waals surface area contributed by atoms with Gasteiger partial charge in [-0.2, -0.15) is 0 Å². The van der Waals surface area contributed by atoms with Gasteiger partial charge in [0.2, 0.25) is 0 Å². The second-order valence-corrected chi connectivity index (χ2v) is 2.75. The number of hydrogen-bond acceptors (Lipinski definition) is 4. The average molecular weight is 205 g/mol. The summed E-state index contributed by atoms with van der Waals surface area (Å²) in [5.74, 6) is -1.05. The van der Waals surface area contributed by atoms with Crippen LogP contribution in [0.4, 0.5) is 4.79 Å². The molecule has 0 aromatic heterocycles. The molecule has 7 nitrogen and oxygen atoms in total. The number of rotatable bonds is 7. The first-order valence-corrected chi connectivity index (χ1v) is 4.16. The van der Waals surface area contributed by atoms with E-state index in [1.54, 1.807) is 0 Å². The molecule has 0 bridgehead atoms. The van der Waals surface area contributed by atoms with Gasteiger partial charge in [-0.3, -0.25) is 4.79 Å². The number of primary amides is 1. The number of hydrogen-bond donors (Lipinski definition) is 5. The average Bonchev–Trinajstić information content (AvgIpc) is 2.01. The number of carboxylic acids is 1. The maximum absolute atomic E-state index is 10.2. The van der Waals surface area contributed by atoms with E-state index in [1.807, 2.05) is 0 Å². The topological polar surface area (TPSA) is 125 Å². The molecule has 0 saturated carbocycles. The third kappa shape index (κ3) is 8.75. The summed E-state index contributed by atoms with van der Waals surface area (Å²) < 4.78 is 0. The number of aliphatic hydroxyl groups is 1. The van der Waals surface area contributed by atoms with E-state index in [0.29, 0.717) is 13.1 Å². The second-order valence-electron chi connectivity index (χ2n) is 2.75. The number of aliphatic carboxylic acids is 1. The van der Waals surface area contributed by atoms with E-state index in [1.165, 1.54) is 0 Å². The van der Waals surface area contributed by atoms with Crippen molar-refractivity contribution in [1.82, 2.24) is 10.6 Å². The summed E-state index contributed by atoms with van der Waals surface area (Å²) in [7, 11) is 0. The lowest BCUT2D eigenvalue weighted by Crippen LogP contribution is -2.37. The fourth-order valence-electron chi connectivity index (χ4n) is 0.816. The lowest BCUT2D eigenvalue weighted by Gasteiger charge is -2.09. The molecule has 2 amide bonds. The molecule has 0 aromatic rings. The van der Waals surface area contributed by atoms with E-state index < -0.39 is 18.1 Å². The normalized spacial score (nSPS) is 12.1. The summed E-state index contributed by atoms with van der Waals surface area (Å²) in [5.41, 5.74) is 4.80. The molecule has 0 heterocycles. The van der Waals surface area contributed by atoms with Crippen LogP contribution >= 0.6 is 0 Å². The summed E-state index contributed by atoms with van der Waals surface area (Å²) in [5, 5.41) is 22.5. The predicted molar refractivity (Wildman–Crippen MR) is 48.7 cm³/mol. The van der Waals surface area contributed by atoms with Gasteiger partial charge in [-0.05, 0) is 0 Å². The van der Waals surface area contributed by atoms with Crippen molar-refractivity contribution in [2.75, 3.05) is 19.6 Å². The van der Waals surface area contributed by atoms with E-state index in [0.717, 1.165) is 0 Å². The van der Waals surface area contributed by atoms with Crippen molar-refractivity contribution in [3.63, 3.8) is 0 Å². The molecular formula is C7H15N3O4. The Morgan fingerprint density at radius 2 is 2.00 bits per heavy atom. The molecule has 7 heteroatoms. The SMILES string of the molecule is NC(=O)NCCNCC(O)CC(=O)O. The molecule has 1 atom stereocenters. The monoisotopic (exact) mass is 205 g/mol. The molecule has 82 valence electrons. The standard InChI is InChI=1S/C7H15N3O4/c8-7(14)10-2-1-9-4-5(11)3-6(12)13/h5,9,11H,1-4H2,(H,12,13)(H3,8,10,14). The third-order valence-electron chi connectivity index (χ3n) is 1.39. The van der Waals surface area contributed by atoms with Gasteiger partial charge in [-0.1, -0.05) is 0 Å². The number of aliphatic hydroxyl groups excluding tert-OH is 1. The summed E-state index contributed by atoms with van der Waals surface area (Å²) >= 11 is 0. The maximum Gasteiger partial charge on any atom is 0.312 e. The van der Waals surface area contributed by atoms with Gasteiger partial charge in [0, 0.05) is 19.6 Å². The van der Waals surface area contributed by atoms with Crippen LogP contribution in [-0.2, 0) is 4.79 Å². The van der Waals surface area contributed by atoms with Crippen molar-refractivity contribution in [3.8, 4) is 0 Å². The van der Waals surface area contributed by atoms with Crippen LogP contribution in [0, 0.1) is 0 Å². The minimum Gasteiger partial charge on any atom is -0.481 e. The van der Waals surface area contributed by atoms with Crippen molar-refractivity contribution < 1.29 is 19.8 Å². The van der Waals surface area contributed by atoms with E-state index >= 15 is 0 Å². The highest BCUT2D eigenvalue weighted by molar-refractivity contribution is 5.71. The first kappa shape index (κ1) is 12.7. The van der Waals surface area contributed by atoms with Gasteiger partial charge < -0.3 is 26.6 Å². The second kappa shape index (κ2) is 7.10. The van der Waals surface area contributed by atoms with E-state index in [4.69, 9.17) is 15.9 Å². The molecule has 0 saturated heterocycles. The van der Waals surface area contributed by atoms with Crippen LogP contribution in [-0.4, -0.2) is 48.0 Å².